The largest absolute Gasteiger partial charge is 0.350 e. The molecule has 0 saturated carbocycles. The van der Waals surface area contributed by atoms with Crippen molar-refractivity contribution in [2.75, 3.05) is 13.1 Å². The maximum absolute atomic E-state index is 13.8. The van der Waals surface area contributed by atoms with Crippen LogP contribution >= 0.6 is 15.9 Å². The van der Waals surface area contributed by atoms with E-state index in [1.165, 1.54) is 17.0 Å². The maximum atomic E-state index is 13.8. The Morgan fingerprint density at radius 2 is 1.95 bits per heavy atom. The lowest BCUT2D eigenvalue weighted by atomic mass is 10.1. The molecule has 1 aromatic carbocycles. The van der Waals surface area contributed by atoms with Gasteiger partial charge in [-0.25, -0.2) is 4.39 Å². The van der Waals surface area contributed by atoms with Gasteiger partial charge < -0.3 is 10.2 Å². The molecule has 0 fully saturated rings. The van der Waals surface area contributed by atoms with E-state index in [0.717, 1.165) is 0 Å². The minimum Gasteiger partial charge on any atom is -0.350 e. The number of nitrogens with one attached hydrogen (secondary N) is 1. The summed E-state index contributed by atoms with van der Waals surface area (Å²) in [7, 11) is 0. The highest BCUT2D eigenvalue weighted by Crippen LogP contribution is 2.21. The quantitative estimate of drug-likeness (QED) is 0.899. The number of carbonyl (C=O) groups is 2. The van der Waals surface area contributed by atoms with Gasteiger partial charge in [-0.1, -0.05) is 6.07 Å². The number of carbonyl (C=O) groups excluding carboxylic acids is 2. The van der Waals surface area contributed by atoms with Crippen LogP contribution in [0.4, 0.5) is 4.39 Å². The van der Waals surface area contributed by atoms with Crippen LogP contribution in [0, 0.1) is 5.82 Å². The molecule has 1 N–H and O–H groups in total. The molecule has 0 bridgehead atoms. The Kier molecular flexibility index (Phi) is 5.89. The highest BCUT2D eigenvalue weighted by Gasteiger charge is 2.24. The second kappa shape index (κ2) is 7.02. The second-order valence-electron chi connectivity index (χ2n) is 5.71. The Balaban J connectivity index is 2.90. The predicted octanol–water partition coefficient (Wildman–Crippen LogP) is 2.97. The topological polar surface area (TPSA) is 49.4 Å². The summed E-state index contributed by atoms with van der Waals surface area (Å²) in [4.78, 5) is 25.6. The summed E-state index contributed by atoms with van der Waals surface area (Å²) in [5.41, 5.74) is -0.430. The minimum atomic E-state index is -0.607. The van der Waals surface area contributed by atoms with Gasteiger partial charge in [-0.15, -0.1) is 0 Å². The lowest BCUT2D eigenvalue weighted by molar-refractivity contribution is -0.123. The van der Waals surface area contributed by atoms with E-state index in [4.69, 9.17) is 0 Å². The van der Waals surface area contributed by atoms with Gasteiger partial charge in [0.2, 0.25) is 5.91 Å². The van der Waals surface area contributed by atoms with Crippen molar-refractivity contribution >= 4 is 27.7 Å². The van der Waals surface area contributed by atoms with E-state index in [1.807, 2.05) is 20.8 Å². The van der Waals surface area contributed by atoms with Gasteiger partial charge in [0, 0.05) is 16.6 Å². The van der Waals surface area contributed by atoms with Crippen molar-refractivity contribution in [3.63, 3.8) is 0 Å². The Morgan fingerprint density at radius 1 is 1.33 bits per heavy atom. The Labute approximate surface area is 132 Å². The normalized spacial score (nSPS) is 11.1. The van der Waals surface area contributed by atoms with Crippen LogP contribution in [0.15, 0.2) is 22.7 Å². The van der Waals surface area contributed by atoms with Crippen molar-refractivity contribution in [3.8, 4) is 0 Å². The fraction of sp³-hybridized carbons (Fsp3) is 0.467. The van der Waals surface area contributed by atoms with E-state index in [9.17, 15) is 14.0 Å². The molecule has 0 unspecified atom stereocenters. The number of hydrogen-bond donors (Lipinski definition) is 1. The molecule has 2 amide bonds. The van der Waals surface area contributed by atoms with E-state index in [0.29, 0.717) is 11.0 Å². The predicted molar refractivity (Wildman–Crippen MR) is 83.6 cm³/mol. The van der Waals surface area contributed by atoms with Crippen LogP contribution in [0.25, 0.3) is 0 Å². The zero-order chi connectivity index (χ0) is 16.2. The van der Waals surface area contributed by atoms with Gasteiger partial charge in [0.05, 0.1) is 12.1 Å². The number of rotatable bonds is 4. The second-order valence-corrected chi connectivity index (χ2v) is 6.57. The molecule has 0 atom stereocenters. The van der Waals surface area contributed by atoms with Gasteiger partial charge in [0.15, 0.2) is 0 Å². The van der Waals surface area contributed by atoms with Crippen LogP contribution in [0.1, 0.15) is 38.1 Å². The van der Waals surface area contributed by atoms with Crippen molar-refractivity contribution < 1.29 is 14.0 Å². The number of halogens is 2. The molecule has 0 spiro atoms. The number of benzene rings is 1. The van der Waals surface area contributed by atoms with Crippen molar-refractivity contribution in [2.24, 2.45) is 0 Å². The van der Waals surface area contributed by atoms with Crippen LogP contribution in [0.3, 0.4) is 0 Å². The zero-order valence-corrected chi connectivity index (χ0v) is 14.3. The van der Waals surface area contributed by atoms with Crippen molar-refractivity contribution in [2.45, 2.75) is 33.2 Å². The van der Waals surface area contributed by atoms with Gasteiger partial charge in [0.1, 0.15) is 5.82 Å². The molecular formula is C15H20BrFN2O2. The highest BCUT2D eigenvalue weighted by atomic mass is 79.9. The van der Waals surface area contributed by atoms with Crippen LogP contribution in [0.5, 0.6) is 0 Å². The average Bonchev–Trinajstić information content (AvgIpc) is 2.33. The third kappa shape index (κ3) is 5.12. The van der Waals surface area contributed by atoms with E-state index >= 15 is 0 Å². The molecular weight excluding hydrogens is 339 g/mol. The molecule has 0 heterocycles. The van der Waals surface area contributed by atoms with E-state index in [1.54, 1.807) is 13.0 Å². The Hall–Kier alpha value is -1.43. The molecule has 0 aromatic heterocycles. The van der Waals surface area contributed by atoms with Crippen LogP contribution in [-0.2, 0) is 4.79 Å². The Morgan fingerprint density at radius 3 is 2.43 bits per heavy atom. The summed E-state index contributed by atoms with van der Waals surface area (Å²) in [6.07, 6.45) is 0. The third-order valence-electron chi connectivity index (χ3n) is 2.69. The standard InChI is InChI=1S/C15H20BrFN2O2/c1-5-19(9-12(20)18-15(2,3)4)14(21)13-10(16)7-6-8-11(13)17/h6-8H,5,9H2,1-4H3,(H,18,20). The van der Waals surface area contributed by atoms with Crippen molar-refractivity contribution in [1.82, 2.24) is 10.2 Å². The third-order valence-corrected chi connectivity index (χ3v) is 3.36. The van der Waals surface area contributed by atoms with Gasteiger partial charge >= 0.3 is 0 Å². The van der Waals surface area contributed by atoms with Gasteiger partial charge in [-0.2, -0.15) is 0 Å². The maximum Gasteiger partial charge on any atom is 0.258 e. The summed E-state index contributed by atoms with van der Waals surface area (Å²) in [5, 5.41) is 2.78. The van der Waals surface area contributed by atoms with Gasteiger partial charge in [-0.3, -0.25) is 9.59 Å². The monoisotopic (exact) mass is 358 g/mol. The molecule has 6 heteroatoms. The lowest BCUT2D eigenvalue weighted by Crippen LogP contribution is -2.47. The van der Waals surface area contributed by atoms with Gasteiger partial charge in [-0.05, 0) is 55.8 Å². The lowest BCUT2D eigenvalue weighted by Gasteiger charge is -2.25. The van der Waals surface area contributed by atoms with Crippen molar-refractivity contribution in [3.05, 3.63) is 34.1 Å². The molecule has 0 aliphatic heterocycles. The fourth-order valence-electron chi connectivity index (χ4n) is 1.82. The first kappa shape index (κ1) is 17.6. The average molecular weight is 359 g/mol. The SMILES string of the molecule is CCN(CC(=O)NC(C)(C)C)C(=O)c1c(F)cccc1Br. The molecule has 0 radical (unpaired) electrons. The number of nitrogens with zero attached hydrogens (tertiary/aromatic N) is 1. The first-order chi connectivity index (χ1) is 9.65. The molecule has 0 aliphatic carbocycles. The smallest absolute Gasteiger partial charge is 0.258 e. The molecule has 116 valence electrons. The molecule has 1 rings (SSSR count). The van der Waals surface area contributed by atoms with Crippen LogP contribution in [0.2, 0.25) is 0 Å². The molecule has 1 aromatic rings. The summed E-state index contributed by atoms with van der Waals surface area (Å²) >= 11 is 3.17. The van der Waals surface area contributed by atoms with E-state index < -0.39 is 11.7 Å². The van der Waals surface area contributed by atoms with Crippen molar-refractivity contribution in [1.29, 1.82) is 0 Å². The first-order valence-electron chi connectivity index (χ1n) is 6.70. The Bertz CT molecular complexity index is 521. The number of amides is 2. The summed E-state index contributed by atoms with van der Waals surface area (Å²) in [6.45, 7) is 7.53. The number of likely N-dealkylation sites (N-methyl/N-ethyl adjacent to an activating group) is 1. The molecule has 4 nitrogen and oxygen atoms in total. The first-order valence-corrected chi connectivity index (χ1v) is 7.49. The van der Waals surface area contributed by atoms with E-state index in [-0.39, 0.29) is 23.6 Å². The van der Waals surface area contributed by atoms with Crippen LogP contribution in [-0.4, -0.2) is 35.3 Å². The van der Waals surface area contributed by atoms with Gasteiger partial charge in [0.25, 0.3) is 5.91 Å². The molecule has 0 saturated heterocycles. The fourth-order valence-corrected chi connectivity index (χ4v) is 2.33. The molecule has 21 heavy (non-hydrogen) atoms. The van der Waals surface area contributed by atoms with E-state index in [2.05, 4.69) is 21.2 Å². The summed E-state index contributed by atoms with van der Waals surface area (Å²) in [6, 6.07) is 4.33. The number of hydrogen-bond acceptors (Lipinski definition) is 2. The molecule has 0 aliphatic rings. The minimum absolute atomic E-state index is 0.0529. The highest BCUT2D eigenvalue weighted by molar-refractivity contribution is 9.10. The zero-order valence-electron chi connectivity index (χ0n) is 12.7. The summed E-state index contributed by atoms with van der Waals surface area (Å²) < 4.78 is 14.2. The van der Waals surface area contributed by atoms with Crippen LogP contribution < -0.4 is 5.32 Å². The summed E-state index contributed by atoms with van der Waals surface area (Å²) in [5.74, 6) is -1.39.